The normalized spacial score (nSPS) is 11.6. The van der Waals surface area contributed by atoms with Crippen LogP contribution in [0.5, 0.6) is 0 Å². The highest BCUT2D eigenvalue weighted by atomic mass is 32.1. The fourth-order valence-corrected chi connectivity index (χ4v) is 2.83. The first kappa shape index (κ1) is 13.3. The number of aromatic nitrogens is 1. The summed E-state index contributed by atoms with van der Waals surface area (Å²) in [6.07, 6.45) is 0. The van der Waals surface area contributed by atoms with E-state index < -0.39 is 0 Å². The molecule has 0 spiro atoms. The molecule has 3 nitrogen and oxygen atoms in total. The average Bonchev–Trinajstić information content (AvgIpc) is 3.03. The Morgan fingerprint density at radius 2 is 2.15 bits per heavy atom. The third-order valence-corrected chi connectivity index (χ3v) is 3.91. The molecule has 0 saturated carbocycles. The fraction of sp³-hybridized carbons (Fsp3) is 0.312. The number of para-hydroxylation sites is 1. The van der Waals surface area contributed by atoms with Crippen LogP contribution in [0.3, 0.4) is 0 Å². The molecule has 0 amide bonds. The zero-order valence-corrected chi connectivity index (χ0v) is 12.5. The molecule has 0 aliphatic rings. The van der Waals surface area contributed by atoms with Crippen LogP contribution in [0.1, 0.15) is 18.9 Å². The van der Waals surface area contributed by atoms with Gasteiger partial charge in [0, 0.05) is 17.3 Å². The Labute approximate surface area is 122 Å². The first-order valence-electron chi connectivity index (χ1n) is 6.86. The average molecular weight is 286 g/mol. The van der Waals surface area contributed by atoms with Crippen molar-refractivity contribution in [1.29, 1.82) is 0 Å². The summed E-state index contributed by atoms with van der Waals surface area (Å²) in [6, 6.07) is 10.1. The second-order valence-corrected chi connectivity index (χ2v) is 6.24. The lowest BCUT2D eigenvalue weighted by Crippen LogP contribution is -2.18. The maximum Gasteiger partial charge on any atom is 0.154 e. The van der Waals surface area contributed by atoms with Gasteiger partial charge < -0.3 is 9.73 Å². The predicted molar refractivity (Wildman–Crippen MR) is 83.9 cm³/mol. The van der Waals surface area contributed by atoms with Gasteiger partial charge in [0.15, 0.2) is 5.76 Å². The summed E-state index contributed by atoms with van der Waals surface area (Å²) < 4.78 is 5.83. The van der Waals surface area contributed by atoms with Gasteiger partial charge >= 0.3 is 0 Å². The summed E-state index contributed by atoms with van der Waals surface area (Å²) in [7, 11) is 0. The number of benzene rings is 1. The van der Waals surface area contributed by atoms with Crippen molar-refractivity contribution in [2.75, 3.05) is 6.54 Å². The highest BCUT2D eigenvalue weighted by Gasteiger charge is 2.09. The van der Waals surface area contributed by atoms with E-state index in [0.29, 0.717) is 5.92 Å². The van der Waals surface area contributed by atoms with Crippen molar-refractivity contribution in [2.24, 2.45) is 5.92 Å². The van der Waals surface area contributed by atoms with E-state index in [0.717, 1.165) is 40.5 Å². The lowest BCUT2D eigenvalue weighted by atomic mass is 10.2. The monoisotopic (exact) mass is 286 g/mol. The van der Waals surface area contributed by atoms with E-state index in [1.807, 2.05) is 18.2 Å². The van der Waals surface area contributed by atoms with Gasteiger partial charge in [-0.3, -0.25) is 0 Å². The third-order valence-electron chi connectivity index (χ3n) is 3.06. The molecule has 3 rings (SSSR count). The maximum atomic E-state index is 5.83. The van der Waals surface area contributed by atoms with Gasteiger partial charge in [0.05, 0.1) is 0 Å². The molecular weight excluding hydrogens is 268 g/mol. The molecule has 0 aliphatic carbocycles. The lowest BCUT2D eigenvalue weighted by Gasteiger charge is -2.04. The molecule has 0 radical (unpaired) electrons. The Hall–Kier alpha value is -1.65. The smallest absolute Gasteiger partial charge is 0.154 e. The SMILES string of the molecule is CC(C)CNCc1nc(-c2cc3ccccc3o2)cs1. The first-order chi connectivity index (χ1) is 9.72. The van der Waals surface area contributed by atoms with Crippen LogP contribution in [0.15, 0.2) is 40.1 Å². The molecule has 3 aromatic rings. The zero-order chi connectivity index (χ0) is 13.9. The van der Waals surface area contributed by atoms with Crippen molar-refractivity contribution in [1.82, 2.24) is 10.3 Å². The van der Waals surface area contributed by atoms with E-state index >= 15 is 0 Å². The van der Waals surface area contributed by atoms with Crippen LogP contribution in [0.2, 0.25) is 0 Å². The van der Waals surface area contributed by atoms with Crippen LogP contribution >= 0.6 is 11.3 Å². The first-order valence-corrected chi connectivity index (χ1v) is 7.74. The number of thiazole rings is 1. The van der Waals surface area contributed by atoms with Crippen molar-refractivity contribution >= 4 is 22.3 Å². The summed E-state index contributed by atoms with van der Waals surface area (Å²) in [5.74, 6) is 1.50. The van der Waals surface area contributed by atoms with E-state index in [1.54, 1.807) is 11.3 Å². The second kappa shape index (κ2) is 5.77. The van der Waals surface area contributed by atoms with Gasteiger partial charge in [-0.2, -0.15) is 0 Å². The van der Waals surface area contributed by atoms with Crippen LogP contribution in [0, 0.1) is 5.92 Å². The number of hydrogen-bond donors (Lipinski definition) is 1. The summed E-state index contributed by atoms with van der Waals surface area (Å²) in [5.41, 5.74) is 1.84. The molecule has 0 bridgehead atoms. The minimum Gasteiger partial charge on any atom is -0.454 e. The van der Waals surface area contributed by atoms with Gasteiger partial charge in [-0.05, 0) is 24.6 Å². The van der Waals surface area contributed by atoms with Crippen molar-refractivity contribution in [2.45, 2.75) is 20.4 Å². The fourth-order valence-electron chi connectivity index (χ4n) is 2.08. The minimum atomic E-state index is 0.657. The standard InChI is InChI=1S/C16H18N2OS/c1-11(2)8-17-9-16-18-13(10-20-16)15-7-12-5-3-4-6-14(12)19-15/h3-7,10-11,17H,8-9H2,1-2H3. The number of nitrogens with one attached hydrogen (secondary N) is 1. The second-order valence-electron chi connectivity index (χ2n) is 5.30. The summed E-state index contributed by atoms with van der Waals surface area (Å²) in [5, 5.41) is 7.69. The Bertz CT molecular complexity index is 666. The Balaban J connectivity index is 1.75. The lowest BCUT2D eigenvalue weighted by molar-refractivity contribution is 0.551. The molecule has 104 valence electrons. The number of furan rings is 1. The molecule has 0 atom stereocenters. The van der Waals surface area contributed by atoms with Crippen LogP contribution < -0.4 is 5.32 Å². The maximum absolute atomic E-state index is 5.83. The van der Waals surface area contributed by atoms with Crippen molar-refractivity contribution in [3.8, 4) is 11.5 Å². The van der Waals surface area contributed by atoms with E-state index in [-0.39, 0.29) is 0 Å². The number of rotatable bonds is 5. The molecule has 0 aliphatic heterocycles. The summed E-state index contributed by atoms with van der Waals surface area (Å²) >= 11 is 1.67. The van der Waals surface area contributed by atoms with Crippen LogP contribution in [0.4, 0.5) is 0 Å². The van der Waals surface area contributed by atoms with E-state index in [2.05, 4.69) is 41.7 Å². The molecule has 0 saturated heterocycles. The molecule has 1 aromatic carbocycles. The molecule has 0 unspecified atom stereocenters. The number of fused-ring (bicyclic) bond motifs is 1. The van der Waals surface area contributed by atoms with Crippen LogP contribution in [-0.2, 0) is 6.54 Å². The topological polar surface area (TPSA) is 38.1 Å². The third kappa shape index (κ3) is 2.92. The largest absolute Gasteiger partial charge is 0.454 e. The van der Waals surface area contributed by atoms with Crippen molar-refractivity contribution in [3.63, 3.8) is 0 Å². The van der Waals surface area contributed by atoms with E-state index in [9.17, 15) is 0 Å². The Kier molecular flexibility index (Phi) is 3.85. The van der Waals surface area contributed by atoms with Gasteiger partial charge in [-0.25, -0.2) is 4.98 Å². The molecule has 4 heteroatoms. The quantitative estimate of drug-likeness (QED) is 0.760. The molecule has 2 heterocycles. The van der Waals surface area contributed by atoms with Gasteiger partial charge in [0.25, 0.3) is 0 Å². The molecule has 2 aromatic heterocycles. The van der Waals surface area contributed by atoms with Gasteiger partial charge in [-0.15, -0.1) is 11.3 Å². The molecular formula is C16H18N2OS. The minimum absolute atomic E-state index is 0.657. The predicted octanol–water partition coefficient (Wildman–Crippen LogP) is 4.30. The highest BCUT2D eigenvalue weighted by molar-refractivity contribution is 7.09. The van der Waals surface area contributed by atoms with Crippen molar-refractivity contribution in [3.05, 3.63) is 40.7 Å². The van der Waals surface area contributed by atoms with E-state index in [1.165, 1.54) is 0 Å². The van der Waals surface area contributed by atoms with Crippen LogP contribution in [0.25, 0.3) is 22.4 Å². The molecule has 0 fully saturated rings. The number of nitrogens with zero attached hydrogens (tertiary/aromatic N) is 1. The summed E-state index contributed by atoms with van der Waals surface area (Å²) in [4.78, 5) is 4.63. The molecule has 1 N–H and O–H groups in total. The highest BCUT2D eigenvalue weighted by Crippen LogP contribution is 2.28. The van der Waals surface area contributed by atoms with Gasteiger partial charge in [0.2, 0.25) is 0 Å². The van der Waals surface area contributed by atoms with E-state index in [4.69, 9.17) is 4.42 Å². The Morgan fingerprint density at radius 3 is 2.95 bits per heavy atom. The van der Waals surface area contributed by atoms with Crippen LogP contribution in [-0.4, -0.2) is 11.5 Å². The van der Waals surface area contributed by atoms with Crippen molar-refractivity contribution < 1.29 is 4.42 Å². The molecule has 20 heavy (non-hydrogen) atoms. The Morgan fingerprint density at radius 1 is 1.30 bits per heavy atom. The number of hydrogen-bond acceptors (Lipinski definition) is 4. The summed E-state index contributed by atoms with van der Waals surface area (Å²) in [6.45, 7) is 6.24. The zero-order valence-electron chi connectivity index (χ0n) is 11.7. The van der Waals surface area contributed by atoms with Gasteiger partial charge in [-0.1, -0.05) is 32.0 Å². The van der Waals surface area contributed by atoms with Gasteiger partial charge in [0.1, 0.15) is 16.3 Å².